The number of anilines is 1. The van der Waals surface area contributed by atoms with Crippen LogP contribution >= 0.6 is 0 Å². The molecule has 0 aromatic heterocycles. The lowest BCUT2D eigenvalue weighted by atomic mass is 10.1. The topological polar surface area (TPSA) is 67.4 Å². The van der Waals surface area contributed by atoms with Gasteiger partial charge in [-0.05, 0) is 43.4 Å². The molecule has 0 heterocycles. The van der Waals surface area contributed by atoms with Gasteiger partial charge in [0.25, 0.3) is 0 Å². The third-order valence-electron chi connectivity index (χ3n) is 3.42. The number of methoxy groups -OCH3 is 1. The fraction of sp³-hybridized carbons (Fsp3) is 0.467. The molecule has 0 aliphatic heterocycles. The zero-order valence-electron chi connectivity index (χ0n) is 11.8. The Bertz CT molecular complexity index is 498. The molecule has 0 radical (unpaired) electrons. The zero-order chi connectivity index (χ0) is 14.5. The molecule has 1 saturated carbocycles. The summed E-state index contributed by atoms with van der Waals surface area (Å²) in [5.41, 5.74) is 1.54. The van der Waals surface area contributed by atoms with E-state index >= 15 is 0 Å². The number of carbonyl (C=O) groups is 2. The Hall–Kier alpha value is -1.88. The first-order valence-electron chi connectivity index (χ1n) is 6.82. The molecule has 1 atom stereocenters. The third kappa shape index (κ3) is 4.06. The number of rotatable bonds is 5. The summed E-state index contributed by atoms with van der Waals surface area (Å²) in [4.78, 5) is 23.3. The lowest BCUT2D eigenvalue weighted by Crippen LogP contribution is -2.36. The Morgan fingerprint density at radius 3 is 2.75 bits per heavy atom. The van der Waals surface area contributed by atoms with Gasteiger partial charge in [0.1, 0.15) is 0 Å². The molecule has 2 amide bonds. The van der Waals surface area contributed by atoms with E-state index in [2.05, 4.69) is 10.6 Å². The molecule has 1 fully saturated rings. The highest BCUT2D eigenvalue weighted by Gasteiger charge is 2.23. The van der Waals surface area contributed by atoms with Crippen molar-refractivity contribution >= 4 is 17.5 Å². The molecule has 20 heavy (non-hydrogen) atoms. The van der Waals surface area contributed by atoms with Crippen LogP contribution in [0.25, 0.3) is 0 Å². The predicted molar refractivity (Wildman–Crippen MR) is 76.2 cm³/mol. The summed E-state index contributed by atoms with van der Waals surface area (Å²) in [5, 5.41) is 5.24. The smallest absolute Gasteiger partial charge is 0.313 e. The first kappa shape index (κ1) is 14.5. The maximum atomic E-state index is 11.7. The normalized spacial score (nSPS) is 15.5. The van der Waals surface area contributed by atoms with Crippen molar-refractivity contribution in [1.29, 1.82) is 0 Å². The Kier molecular flexibility index (Phi) is 4.74. The summed E-state index contributed by atoms with van der Waals surface area (Å²) >= 11 is 0. The van der Waals surface area contributed by atoms with Gasteiger partial charge in [-0.3, -0.25) is 9.59 Å². The van der Waals surface area contributed by atoms with Crippen molar-refractivity contribution in [3.8, 4) is 0 Å². The fourth-order valence-corrected chi connectivity index (χ4v) is 1.83. The van der Waals surface area contributed by atoms with Gasteiger partial charge in [0.05, 0.1) is 6.10 Å². The molecular weight excluding hydrogens is 256 g/mol. The highest BCUT2D eigenvalue weighted by molar-refractivity contribution is 6.39. The highest BCUT2D eigenvalue weighted by atomic mass is 16.5. The molecule has 5 heteroatoms. The molecule has 0 saturated heterocycles. The summed E-state index contributed by atoms with van der Waals surface area (Å²) in [5.74, 6) is -0.660. The highest BCUT2D eigenvalue weighted by Crippen LogP contribution is 2.27. The average Bonchev–Trinajstić information content (AvgIpc) is 3.28. The molecular formula is C15H20N2O3. The maximum Gasteiger partial charge on any atom is 0.313 e. The summed E-state index contributed by atoms with van der Waals surface area (Å²) in [6, 6.07) is 7.29. The largest absolute Gasteiger partial charge is 0.377 e. The van der Waals surface area contributed by atoms with Gasteiger partial charge in [0, 0.05) is 19.3 Å². The Balaban J connectivity index is 1.90. The number of ether oxygens (including phenoxy) is 1. The monoisotopic (exact) mass is 276 g/mol. The van der Waals surface area contributed by atoms with Crippen LogP contribution in [-0.2, 0) is 14.3 Å². The minimum absolute atomic E-state index is 0.0597. The zero-order valence-corrected chi connectivity index (χ0v) is 11.8. The second-order valence-corrected chi connectivity index (χ2v) is 5.11. The van der Waals surface area contributed by atoms with Crippen LogP contribution in [0.15, 0.2) is 24.3 Å². The van der Waals surface area contributed by atoms with Crippen molar-refractivity contribution in [1.82, 2.24) is 5.32 Å². The van der Waals surface area contributed by atoms with E-state index in [0.29, 0.717) is 18.2 Å². The summed E-state index contributed by atoms with van der Waals surface area (Å²) in [6.45, 7) is 2.51. The Morgan fingerprint density at radius 2 is 2.10 bits per heavy atom. The van der Waals surface area contributed by atoms with E-state index in [9.17, 15) is 9.59 Å². The lowest BCUT2D eigenvalue weighted by Gasteiger charge is -2.12. The number of nitrogens with one attached hydrogen (secondary N) is 2. The van der Waals surface area contributed by atoms with Gasteiger partial charge in [-0.15, -0.1) is 0 Å². The van der Waals surface area contributed by atoms with E-state index in [-0.39, 0.29) is 6.10 Å². The van der Waals surface area contributed by atoms with Gasteiger partial charge in [0.2, 0.25) is 0 Å². The van der Waals surface area contributed by atoms with E-state index in [1.807, 2.05) is 19.1 Å². The van der Waals surface area contributed by atoms with Crippen LogP contribution in [0.4, 0.5) is 5.69 Å². The van der Waals surface area contributed by atoms with E-state index < -0.39 is 11.8 Å². The number of hydrogen-bond donors (Lipinski definition) is 2. The van der Waals surface area contributed by atoms with E-state index in [4.69, 9.17) is 4.74 Å². The second kappa shape index (κ2) is 6.52. The number of amides is 2. The van der Waals surface area contributed by atoms with Gasteiger partial charge in [-0.1, -0.05) is 12.1 Å². The van der Waals surface area contributed by atoms with Crippen molar-refractivity contribution in [2.75, 3.05) is 19.0 Å². The van der Waals surface area contributed by atoms with Crippen LogP contribution in [0.5, 0.6) is 0 Å². The minimum Gasteiger partial charge on any atom is -0.377 e. The maximum absolute atomic E-state index is 11.7. The van der Waals surface area contributed by atoms with Crippen molar-refractivity contribution in [2.45, 2.75) is 25.9 Å². The number of carbonyl (C=O) groups excluding carboxylic acids is 2. The van der Waals surface area contributed by atoms with Crippen LogP contribution in [-0.4, -0.2) is 25.5 Å². The summed E-state index contributed by atoms with van der Waals surface area (Å²) < 4.78 is 5.22. The minimum atomic E-state index is -0.632. The van der Waals surface area contributed by atoms with Crippen molar-refractivity contribution in [3.63, 3.8) is 0 Å². The molecule has 5 nitrogen and oxygen atoms in total. The molecule has 1 aromatic carbocycles. The molecule has 1 aliphatic rings. The average molecular weight is 276 g/mol. The van der Waals surface area contributed by atoms with Crippen LogP contribution < -0.4 is 10.6 Å². The number of benzene rings is 1. The van der Waals surface area contributed by atoms with Gasteiger partial charge >= 0.3 is 11.8 Å². The first-order chi connectivity index (χ1) is 9.60. The van der Waals surface area contributed by atoms with Gasteiger partial charge in [0.15, 0.2) is 0 Å². The third-order valence-corrected chi connectivity index (χ3v) is 3.42. The van der Waals surface area contributed by atoms with Gasteiger partial charge < -0.3 is 15.4 Å². The Morgan fingerprint density at radius 1 is 1.35 bits per heavy atom. The van der Waals surface area contributed by atoms with Crippen LogP contribution in [0.2, 0.25) is 0 Å². The predicted octanol–water partition coefficient (Wildman–Crippen LogP) is 1.86. The van der Waals surface area contributed by atoms with Crippen LogP contribution in [0, 0.1) is 5.92 Å². The van der Waals surface area contributed by atoms with Crippen molar-refractivity contribution in [3.05, 3.63) is 29.8 Å². The number of hydrogen-bond acceptors (Lipinski definition) is 3. The van der Waals surface area contributed by atoms with E-state index in [1.54, 1.807) is 19.2 Å². The lowest BCUT2D eigenvalue weighted by molar-refractivity contribution is -0.136. The summed E-state index contributed by atoms with van der Waals surface area (Å²) in [7, 11) is 1.63. The molecule has 1 aromatic rings. The molecule has 1 aliphatic carbocycles. The standard InChI is InChI=1S/C15H20N2O3/c1-10(20-2)12-4-3-5-13(8-12)17-15(19)14(18)16-9-11-6-7-11/h3-5,8,10-11H,6-7,9H2,1-2H3,(H,16,18)(H,17,19)/t10-/m0/s1. The fourth-order valence-electron chi connectivity index (χ4n) is 1.83. The molecule has 108 valence electrons. The molecule has 2 rings (SSSR count). The first-order valence-corrected chi connectivity index (χ1v) is 6.82. The second-order valence-electron chi connectivity index (χ2n) is 5.11. The SMILES string of the molecule is CO[C@@H](C)c1cccc(NC(=O)C(=O)NCC2CC2)c1. The van der Waals surface area contributed by atoms with Crippen LogP contribution in [0.1, 0.15) is 31.4 Å². The summed E-state index contributed by atoms with van der Waals surface area (Å²) in [6.07, 6.45) is 2.22. The van der Waals surface area contributed by atoms with Gasteiger partial charge in [-0.2, -0.15) is 0 Å². The van der Waals surface area contributed by atoms with Crippen LogP contribution in [0.3, 0.4) is 0 Å². The quantitative estimate of drug-likeness (QED) is 0.807. The molecule has 0 bridgehead atoms. The van der Waals surface area contributed by atoms with Crippen molar-refractivity contribution in [2.24, 2.45) is 5.92 Å². The van der Waals surface area contributed by atoms with E-state index in [0.717, 1.165) is 18.4 Å². The van der Waals surface area contributed by atoms with Crippen molar-refractivity contribution < 1.29 is 14.3 Å². The molecule has 0 spiro atoms. The molecule has 2 N–H and O–H groups in total. The van der Waals surface area contributed by atoms with Gasteiger partial charge in [-0.25, -0.2) is 0 Å². The Labute approximate surface area is 118 Å². The molecule has 0 unspecified atom stereocenters. The van der Waals surface area contributed by atoms with E-state index in [1.165, 1.54) is 0 Å².